The number of methoxy groups -OCH3 is 1. The smallest absolute Gasteiger partial charge is 0.170 e. The van der Waals surface area contributed by atoms with Crippen molar-refractivity contribution in [3.05, 3.63) is 42.2 Å². The Morgan fingerprint density at radius 1 is 1.40 bits per heavy atom. The first-order valence-electron chi connectivity index (χ1n) is 4.49. The van der Waals surface area contributed by atoms with Gasteiger partial charge in [-0.25, -0.2) is 4.68 Å². The van der Waals surface area contributed by atoms with E-state index in [4.69, 9.17) is 4.74 Å². The van der Waals surface area contributed by atoms with Gasteiger partial charge in [-0.05, 0) is 18.2 Å². The van der Waals surface area contributed by atoms with Gasteiger partial charge >= 0.3 is 0 Å². The summed E-state index contributed by atoms with van der Waals surface area (Å²) in [6, 6.07) is 9.13. The third-order valence-corrected chi connectivity index (χ3v) is 2.05. The molecule has 76 valence electrons. The molecule has 15 heavy (non-hydrogen) atoms. The average Bonchev–Trinajstić information content (AvgIpc) is 2.78. The highest BCUT2D eigenvalue weighted by atomic mass is 16.5. The second kappa shape index (κ2) is 3.96. The summed E-state index contributed by atoms with van der Waals surface area (Å²) in [5.41, 5.74) is 1.28. The minimum Gasteiger partial charge on any atom is -0.497 e. The van der Waals surface area contributed by atoms with Crippen LogP contribution >= 0.6 is 0 Å². The maximum absolute atomic E-state index is 10.5. The molecule has 2 aromatic rings. The Morgan fingerprint density at radius 2 is 2.27 bits per heavy atom. The molecule has 0 atom stereocenters. The summed E-state index contributed by atoms with van der Waals surface area (Å²) < 4.78 is 6.73. The summed E-state index contributed by atoms with van der Waals surface area (Å²) in [4.78, 5) is 10.5. The molecule has 4 nitrogen and oxygen atoms in total. The molecule has 0 saturated carbocycles. The number of nitrogens with zero attached hydrogens (tertiary/aromatic N) is 2. The largest absolute Gasteiger partial charge is 0.497 e. The molecule has 1 heterocycles. The lowest BCUT2D eigenvalue weighted by Crippen LogP contribution is -1.96. The molecule has 0 unspecified atom stereocenters. The Hall–Kier alpha value is -2.10. The van der Waals surface area contributed by atoms with Crippen molar-refractivity contribution in [3.63, 3.8) is 0 Å². The van der Waals surface area contributed by atoms with Crippen LogP contribution in [0, 0.1) is 0 Å². The van der Waals surface area contributed by atoms with Crippen LogP contribution in [0.2, 0.25) is 0 Å². The number of aldehydes is 1. The maximum Gasteiger partial charge on any atom is 0.170 e. The normalized spacial score (nSPS) is 9.93. The molecule has 1 aromatic heterocycles. The molecule has 1 aromatic carbocycles. The van der Waals surface area contributed by atoms with E-state index < -0.39 is 0 Å². The third kappa shape index (κ3) is 1.88. The van der Waals surface area contributed by atoms with E-state index in [0.29, 0.717) is 5.69 Å². The van der Waals surface area contributed by atoms with Gasteiger partial charge in [-0.1, -0.05) is 6.07 Å². The standard InChI is InChI=1S/C11H10N2O2/c1-15-11-4-2-3-10(7-11)13-6-5-9(8-14)12-13/h2-8H,1H3. The quantitative estimate of drug-likeness (QED) is 0.711. The minimum absolute atomic E-state index is 0.415. The van der Waals surface area contributed by atoms with Crippen LogP contribution in [0.15, 0.2) is 36.5 Å². The Morgan fingerprint density at radius 3 is 2.93 bits per heavy atom. The van der Waals surface area contributed by atoms with Gasteiger partial charge in [0.15, 0.2) is 6.29 Å². The summed E-state index contributed by atoms with van der Waals surface area (Å²) >= 11 is 0. The van der Waals surface area contributed by atoms with E-state index in [-0.39, 0.29) is 0 Å². The average molecular weight is 202 g/mol. The van der Waals surface area contributed by atoms with Crippen molar-refractivity contribution in [2.24, 2.45) is 0 Å². The Kier molecular flexibility index (Phi) is 2.49. The van der Waals surface area contributed by atoms with Crippen LogP contribution in [-0.2, 0) is 0 Å². The van der Waals surface area contributed by atoms with Crippen molar-refractivity contribution < 1.29 is 9.53 Å². The highest BCUT2D eigenvalue weighted by molar-refractivity contribution is 5.71. The Labute approximate surface area is 87.1 Å². The predicted octanol–water partition coefficient (Wildman–Crippen LogP) is 1.69. The zero-order chi connectivity index (χ0) is 10.7. The van der Waals surface area contributed by atoms with Gasteiger partial charge in [0.05, 0.1) is 12.8 Å². The molecule has 0 fully saturated rings. The van der Waals surface area contributed by atoms with Crippen molar-refractivity contribution in [2.45, 2.75) is 0 Å². The van der Waals surface area contributed by atoms with Crippen LogP contribution in [0.3, 0.4) is 0 Å². The molecule has 0 radical (unpaired) electrons. The maximum atomic E-state index is 10.5. The first kappa shape index (κ1) is 9.45. The van der Waals surface area contributed by atoms with Gasteiger partial charge < -0.3 is 4.74 Å². The van der Waals surface area contributed by atoms with Crippen molar-refractivity contribution in [1.82, 2.24) is 9.78 Å². The monoisotopic (exact) mass is 202 g/mol. The van der Waals surface area contributed by atoms with E-state index in [0.717, 1.165) is 17.7 Å². The number of benzene rings is 1. The molecule has 4 heteroatoms. The van der Waals surface area contributed by atoms with Crippen LogP contribution in [0.25, 0.3) is 5.69 Å². The fraction of sp³-hybridized carbons (Fsp3) is 0.0909. The third-order valence-electron chi connectivity index (χ3n) is 2.05. The number of hydrogen-bond donors (Lipinski definition) is 0. The van der Waals surface area contributed by atoms with E-state index in [1.807, 2.05) is 24.3 Å². The first-order valence-corrected chi connectivity index (χ1v) is 4.49. The van der Waals surface area contributed by atoms with E-state index in [1.54, 1.807) is 24.1 Å². The summed E-state index contributed by atoms with van der Waals surface area (Å²) in [6.07, 6.45) is 2.45. The van der Waals surface area contributed by atoms with E-state index >= 15 is 0 Å². The molecule has 0 aliphatic rings. The van der Waals surface area contributed by atoms with Crippen molar-refractivity contribution in [1.29, 1.82) is 0 Å². The van der Waals surface area contributed by atoms with Crippen molar-refractivity contribution in [2.75, 3.05) is 7.11 Å². The van der Waals surface area contributed by atoms with E-state index in [9.17, 15) is 4.79 Å². The number of hydrogen-bond acceptors (Lipinski definition) is 3. The number of ether oxygens (including phenoxy) is 1. The topological polar surface area (TPSA) is 44.1 Å². The molecule has 0 amide bonds. The lowest BCUT2D eigenvalue weighted by atomic mass is 10.3. The molecular weight excluding hydrogens is 192 g/mol. The summed E-state index contributed by atoms with van der Waals surface area (Å²) in [7, 11) is 1.61. The minimum atomic E-state index is 0.415. The van der Waals surface area contributed by atoms with Gasteiger partial charge in [-0.15, -0.1) is 0 Å². The van der Waals surface area contributed by atoms with Gasteiger partial charge in [0.25, 0.3) is 0 Å². The van der Waals surface area contributed by atoms with Gasteiger partial charge in [0, 0.05) is 12.3 Å². The lowest BCUT2D eigenvalue weighted by Gasteiger charge is -2.03. The van der Waals surface area contributed by atoms with Crippen LogP contribution in [0.5, 0.6) is 5.75 Å². The second-order valence-electron chi connectivity index (χ2n) is 3.00. The molecule has 0 spiro atoms. The van der Waals surface area contributed by atoms with Gasteiger partial charge in [0.2, 0.25) is 0 Å². The van der Waals surface area contributed by atoms with Gasteiger partial charge in [-0.2, -0.15) is 5.10 Å². The number of carbonyl (C=O) groups excluding carboxylic acids is 1. The molecular formula is C11H10N2O2. The van der Waals surface area contributed by atoms with Crippen LogP contribution in [0.4, 0.5) is 0 Å². The van der Waals surface area contributed by atoms with Crippen LogP contribution in [0.1, 0.15) is 10.5 Å². The highest BCUT2D eigenvalue weighted by Gasteiger charge is 2.00. The molecule has 2 rings (SSSR count). The zero-order valence-corrected chi connectivity index (χ0v) is 8.25. The molecule has 0 saturated heterocycles. The SMILES string of the molecule is COc1cccc(-n2ccc(C=O)n2)c1. The lowest BCUT2D eigenvalue weighted by molar-refractivity contribution is 0.111. The number of carbonyl (C=O) groups is 1. The van der Waals surface area contributed by atoms with Gasteiger partial charge in [-0.3, -0.25) is 4.79 Å². The van der Waals surface area contributed by atoms with Crippen molar-refractivity contribution in [3.8, 4) is 11.4 Å². The Bertz CT molecular complexity index is 477. The number of aromatic nitrogens is 2. The first-order chi connectivity index (χ1) is 7.33. The van der Waals surface area contributed by atoms with E-state index in [2.05, 4.69) is 5.10 Å². The molecule has 0 N–H and O–H groups in total. The van der Waals surface area contributed by atoms with Crippen LogP contribution in [-0.4, -0.2) is 23.2 Å². The fourth-order valence-corrected chi connectivity index (χ4v) is 1.30. The molecule has 0 bridgehead atoms. The summed E-state index contributed by atoms with van der Waals surface area (Å²) in [5, 5.41) is 4.07. The molecule has 0 aliphatic carbocycles. The van der Waals surface area contributed by atoms with Gasteiger partial charge in [0.1, 0.15) is 11.4 Å². The summed E-state index contributed by atoms with van der Waals surface area (Å²) in [5.74, 6) is 0.760. The van der Waals surface area contributed by atoms with E-state index in [1.165, 1.54) is 0 Å². The predicted molar refractivity (Wildman–Crippen MR) is 55.5 cm³/mol. The molecule has 0 aliphatic heterocycles. The van der Waals surface area contributed by atoms with Crippen molar-refractivity contribution >= 4 is 6.29 Å². The number of rotatable bonds is 3. The van der Waals surface area contributed by atoms with Crippen LogP contribution < -0.4 is 4.74 Å². The fourth-order valence-electron chi connectivity index (χ4n) is 1.30. The zero-order valence-electron chi connectivity index (χ0n) is 8.25. The summed E-state index contributed by atoms with van der Waals surface area (Å²) in [6.45, 7) is 0. The highest BCUT2D eigenvalue weighted by Crippen LogP contribution is 2.15. The Balaban J connectivity index is 2.39. The second-order valence-corrected chi connectivity index (χ2v) is 3.00.